The summed E-state index contributed by atoms with van der Waals surface area (Å²) in [5, 5.41) is 6.71. The van der Waals surface area contributed by atoms with Crippen LogP contribution >= 0.6 is 11.6 Å². The first-order chi connectivity index (χ1) is 11.5. The smallest absolute Gasteiger partial charge is 0.295 e. The molecule has 0 saturated carbocycles. The minimum absolute atomic E-state index is 0.213. The van der Waals surface area contributed by atoms with Gasteiger partial charge in [0.25, 0.3) is 5.91 Å². The number of carbonyl (C=O) groups is 1. The van der Waals surface area contributed by atoms with Crippen LogP contribution in [0.4, 0.5) is 14.5 Å². The Balaban J connectivity index is 1.91. The van der Waals surface area contributed by atoms with Crippen molar-refractivity contribution in [3.05, 3.63) is 70.8 Å². The summed E-state index contributed by atoms with van der Waals surface area (Å²) in [5.41, 5.74) is 0.0721. The van der Waals surface area contributed by atoms with E-state index < -0.39 is 23.2 Å². The highest BCUT2D eigenvalue weighted by atomic mass is 35.5. The van der Waals surface area contributed by atoms with Gasteiger partial charge in [0, 0.05) is 5.02 Å². The van der Waals surface area contributed by atoms with Gasteiger partial charge in [-0.05, 0) is 37.3 Å². The van der Waals surface area contributed by atoms with Gasteiger partial charge in [0.2, 0.25) is 5.82 Å². The first-order valence-corrected chi connectivity index (χ1v) is 7.28. The predicted octanol–water partition coefficient (Wildman–Crippen LogP) is 3.76. The lowest BCUT2D eigenvalue weighted by Gasteiger charge is -2.05. The van der Waals surface area contributed by atoms with E-state index in [4.69, 9.17) is 11.6 Å². The van der Waals surface area contributed by atoms with Crippen LogP contribution in [0.2, 0.25) is 5.02 Å². The molecule has 8 heteroatoms. The van der Waals surface area contributed by atoms with Crippen molar-refractivity contribution in [1.82, 2.24) is 14.8 Å². The maximum absolute atomic E-state index is 13.6. The number of aromatic nitrogens is 3. The molecule has 0 fully saturated rings. The number of nitrogens with zero attached hydrogens (tertiary/aromatic N) is 3. The van der Waals surface area contributed by atoms with Gasteiger partial charge >= 0.3 is 0 Å². The van der Waals surface area contributed by atoms with Gasteiger partial charge in [0.15, 0.2) is 0 Å². The summed E-state index contributed by atoms with van der Waals surface area (Å²) in [5.74, 6) is -2.36. The molecule has 0 saturated heterocycles. The highest BCUT2D eigenvalue weighted by Crippen LogP contribution is 2.19. The van der Waals surface area contributed by atoms with Crippen LogP contribution in [0, 0.1) is 18.6 Å². The average Bonchev–Trinajstić information content (AvgIpc) is 2.93. The number of para-hydroxylation sites is 1. The molecule has 1 aromatic heterocycles. The standard InChI is InChI=1S/C16H11ClF2N4O/c1-9-20-15(22-23(9)11-5-2-4-10(17)8-11)16(24)21-14-12(18)6-3-7-13(14)19/h2-8H,1H3,(H,21,24). The Morgan fingerprint density at radius 1 is 1.17 bits per heavy atom. The van der Waals surface area contributed by atoms with Crippen LogP contribution in [-0.4, -0.2) is 20.7 Å². The van der Waals surface area contributed by atoms with Gasteiger partial charge in [-0.2, -0.15) is 0 Å². The molecule has 0 spiro atoms. The Kier molecular flexibility index (Phi) is 4.26. The number of benzene rings is 2. The highest BCUT2D eigenvalue weighted by Gasteiger charge is 2.18. The second-order valence-corrected chi connectivity index (χ2v) is 5.36. The lowest BCUT2D eigenvalue weighted by atomic mass is 10.3. The first-order valence-electron chi connectivity index (χ1n) is 6.90. The molecule has 2 aromatic carbocycles. The molecule has 1 N–H and O–H groups in total. The quantitative estimate of drug-likeness (QED) is 0.784. The van der Waals surface area contributed by atoms with E-state index in [9.17, 15) is 13.6 Å². The van der Waals surface area contributed by atoms with Gasteiger partial charge < -0.3 is 5.32 Å². The third-order valence-electron chi connectivity index (χ3n) is 3.23. The van der Waals surface area contributed by atoms with Crippen LogP contribution in [-0.2, 0) is 0 Å². The second-order valence-electron chi connectivity index (χ2n) is 4.93. The molecule has 3 aromatic rings. The van der Waals surface area contributed by atoms with Crippen LogP contribution in [0.25, 0.3) is 5.69 Å². The first kappa shape index (κ1) is 16.1. The SMILES string of the molecule is Cc1nc(C(=O)Nc2c(F)cccc2F)nn1-c1cccc(Cl)c1. The van der Waals surface area contributed by atoms with Crippen molar-refractivity contribution < 1.29 is 13.6 Å². The zero-order chi connectivity index (χ0) is 17.3. The molecule has 0 bridgehead atoms. The van der Waals surface area contributed by atoms with Crippen LogP contribution in [0.15, 0.2) is 42.5 Å². The Morgan fingerprint density at radius 2 is 1.83 bits per heavy atom. The van der Waals surface area contributed by atoms with E-state index in [0.717, 1.165) is 12.1 Å². The van der Waals surface area contributed by atoms with Gasteiger partial charge in [-0.15, -0.1) is 5.10 Å². The molecule has 3 rings (SSSR count). The fourth-order valence-corrected chi connectivity index (χ4v) is 2.31. The maximum atomic E-state index is 13.6. The van der Waals surface area contributed by atoms with Gasteiger partial charge in [0.1, 0.15) is 23.1 Å². The minimum Gasteiger partial charge on any atom is -0.314 e. The fraction of sp³-hybridized carbons (Fsp3) is 0.0625. The van der Waals surface area contributed by atoms with Crippen molar-refractivity contribution in [2.45, 2.75) is 6.92 Å². The van der Waals surface area contributed by atoms with Crippen molar-refractivity contribution in [1.29, 1.82) is 0 Å². The average molecular weight is 349 g/mol. The largest absolute Gasteiger partial charge is 0.314 e. The molecular weight excluding hydrogens is 338 g/mol. The van der Waals surface area contributed by atoms with Gasteiger partial charge in [0.05, 0.1) is 5.69 Å². The van der Waals surface area contributed by atoms with Crippen molar-refractivity contribution in [3.8, 4) is 5.69 Å². The van der Waals surface area contributed by atoms with Crippen LogP contribution < -0.4 is 5.32 Å². The molecule has 122 valence electrons. The normalized spacial score (nSPS) is 10.7. The van der Waals surface area contributed by atoms with E-state index in [0.29, 0.717) is 16.5 Å². The van der Waals surface area contributed by atoms with E-state index >= 15 is 0 Å². The maximum Gasteiger partial charge on any atom is 0.295 e. The predicted molar refractivity (Wildman–Crippen MR) is 85.4 cm³/mol. The summed E-state index contributed by atoms with van der Waals surface area (Å²) in [6, 6.07) is 10.1. The molecule has 1 heterocycles. The van der Waals surface area contributed by atoms with E-state index in [1.165, 1.54) is 10.7 Å². The number of aryl methyl sites for hydroxylation is 1. The lowest BCUT2D eigenvalue weighted by molar-refractivity contribution is 0.101. The number of carbonyl (C=O) groups excluding carboxylic acids is 1. The highest BCUT2D eigenvalue weighted by molar-refractivity contribution is 6.30. The van der Waals surface area contributed by atoms with E-state index in [1.807, 2.05) is 0 Å². The molecule has 0 aliphatic rings. The van der Waals surface area contributed by atoms with E-state index in [-0.39, 0.29) is 5.82 Å². The summed E-state index contributed by atoms with van der Waals surface area (Å²) < 4.78 is 28.6. The Morgan fingerprint density at radius 3 is 2.50 bits per heavy atom. The number of anilines is 1. The molecule has 0 aliphatic heterocycles. The minimum atomic E-state index is -0.880. The van der Waals surface area contributed by atoms with Gasteiger partial charge in [-0.25, -0.2) is 18.4 Å². The monoisotopic (exact) mass is 348 g/mol. The summed E-state index contributed by atoms with van der Waals surface area (Å²) >= 11 is 5.93. The summed E-state index contributed by atoms with van der Waals surface area (Å²) in [6.45, 7) is 1.65. The molecule has 0 atom stereocenters. The zero-order valence-corrected chi connectivity index (χ0v) is 13.2. The number of rotatable bonds is 3. The molecular formula is C16H11ClF2N4O. The van der Waals surface area contributed by atoms with Crippen molar-refractivity contribution in [2.75, 3.05) is 5.32 Å². The Hall–Kier alpha value is -2.80. The molecule has 24 heavy (non-hydrogen) atoms. The third kappa shape index (κ3) is 3.11. The molecule has 0 radical (unpaired) electrons. The number of hydrogen-bond donors (Lipinski definition) is 1. The molecule has 0 unspecified atom stereocenters. The zero-order valence-electron chi connectivity index (χ0n) is 12.4. The number of amides is 1. The van der Waals surface area contributed by atoms with Gasteiger partial charge in [-0.1, -0.05) is 23.7 Å². The van der Waals surface area contributed by atoms with Crippen LogP contribution in [0.1, 0.15) is 16.4 Å². The van der Waals surface area contributed by atoms with Crippen molar-refractivity contribution in [2.24, 2.45) is 0 Å². The number of hydrogen-bond acceptors (Lipinski definition) is 3. The fourth-order valence-electron chi connectivity index (χ4n) is 2.13. The number of nitrogens with one attached hydrogen (secondary N) is 1. The molecule has 1 amide bonds. The van der Waals surface area contributed by atoms with Crippen molar-refractivity contribution in [3.63, 3.8) is 0 Å². The topological polar surface area (TPSA) is 59.8 Å². The Bertz CT molecular complexity index is 906. The molecule has 5 nitrogen and oxygen atoms in total. The Labute approximate surface area is 140 Å². The van der Waals surface area contributed by atoms with Crippen LogP contribution in [0.3, 0.4) is 0 Å². The van der Waals surface area contributed by atoms with E-state index in [2.05, 4.69) is 15.4 Å². The summed E-state index contributed by atoms with van der Waals surface area (Å²) in [4.78, 5) is 16.2. The summed E-state index contributed by atoms with van der Waals surface area (Å²) in [6.07, 6.45) is 0. The third-order valence-corrected chi connectivity index (χ3v) is 3.46. The lowest BCUT2D eigenvalue weighted by Crippen LogP contribution is -2.16. The molecule has 0 aliphatic carbocycles. The van der Waals surface area contributed by atoms with Crippen molar-refractivity contribution >= 4 is 23.2 Å². The van der Waals surface area contributed by atoms with Gasteiger partial charge in [-0.3, -0.25) is 4.79 Å². The van der Waals surface area contributed by atoms with E-state index in [1.54, 1.807) is 31.2 Å². The second kappa shape index (κ2) is 6.37. The van der Waals surface area contributed by atoms with Crippen LogP contribution in [0.5, 0.6) is 0 Å². The number of halogens is 3. The summed E-state index contributed by atoms with van der Waals surface area (Å²) in [7, 11) is 0.